The molecule has 0 saturated heterocycles. The van der Waals surface area contributed by atoms with E-state index in [1.54, 1.807) is 0 Å². The van der Waals surface area contributed by atoms with Crippen LogP contribution in [0, 0.1) is 0 Å². The normalized spacial score (nSPS) is 12.2. The highest BCUT2D eigenvalue weighted by atomic mass is 16.4. The van der Waals surface area contributed by atoms with Gasteiger partial charge in [-0.3, -0.25) is 9.59 Å². The number of carbonyl (C=O) groups excluding carboxylic acids is 1. The summed E-state index contributed by atoms with van der Waals surface area (Å²) in [6, 6.07) is 0.00393. The van der Waals surface area contributed by atoms with Gasteiger partial charge >= 0.3 is 5.97 Å². The second-order valence-corrected chi connectivity index (χ2v) is 4.84. The molecule has 0 aromatic heterocycles. The van der Waals surface area contributed by atoms with Gasteiger partial charge < -0.3 is 10.0 Å². The van der Waals surface area contributed by atoms with Crippen LogP contribution in [-0.2, 0) is 9.59 Å². The number of hydrogen-bond acceptors (Lipinski definition) is 2. The van der Waals surface area contributed by atoms with E-state index in [0.717, 1.165) is 25.7 Å². The van der Waals surface area contributed by atoms with Crippen molar-refractivity contribution >= 4 is 11.9 Å². The molecule has 4 heteroatoms. The number of amides is 1. The summed E-state index contributed by atoms with van der Waals surface area (Å²) in [6.07, 6.45) is 6.74. The van der Waals surface area contributed by atoms with Crippen LogP contribution in [0.15, 0.2) is 0 Å². The number of carboxylic acids is 1. The molecule has 4 nitrogen and oxygen atoms in total. The van der Waals surface area contributed by atoms with Gasteiger partial charge in [0.1, 0.15) is 6.54 Å². The van der Waals surface area contributed by atoms with E-state index in [1.807, 2.05) is 13.8 Å². The van der Waals surface area contributed by atoms with Gasteiger partial charge in [-0.2, -0.15) is 0 Å². The predicted molar refractivity (Wildman–Crippen MR) is 72.5 cm³/mol. The first kappa shape index (κ1) is 16.9. The van der Waals surface area contributed by atoms with E-state index in [1.165, 1.54) is 17.7 Å². The SMILES string of the molecule is CCCCCCCC(=O)N(CC(=O)O)C(C)CC. The fraction of sp³-hybridized carbons (Fsp3) is 0.857. The molecule has 106 valence electrons. The average Bonchev–Trinajstić information content (AvgIpc) is 2.34. The monoisotopic (exact) mass is 257 g/mol. The first-order chi connectivity index (χ1) is 8.52. The Kier molecular flexibility index (Phi) is 9.33. The van der Waals surface area contributed by atoms with Crippen molar-refractivity contribution in [2.75, 3.05) is 6.54 Å². The van der Waals surface area contributed by atoms with Crippen molar-refractivity contribution in [1.29, 1.82) is 0 Å². The number of aliphatic carboxylic acids is 1. The van der Waals surface area contributed by atoms with Gasteiger partial charge in [-0.1, -0.05) is 39.5 Å². The number of hydrogen-bond donors (Lipinski definition) is 1. The number of carbonyl (C=O) groups is 2. The molecule has 0 aliphatic heterocycles. The molecule has 0 aromatic carbocycles. The Morgan fingerprint density at radius 2 is 1.72 bits per heavy atom. The Labute approximate surface area is 110 Å². The molecule has 0 spiro atoms. The van der Waals surface area contributed by atoms with E-state index < -0.39 is 5.97 Å². The first-order valence-corrected chi connectivity index (χ1v) is 7.04. The molecule has 1 amide bonds. The molecule has 0 fully saturated rings. The maximum Gasteiger partial charge on any atom is 0.323 e. The van der Waals surface area contributed by atoms with E-state index in [2.05, 4.69) is 6.92 Å². The van der Waals surface area contributed by atoms with Crippen molar-refractivity contribution in [3.8, 4) is 0 Å². The minimum absolute atomic E-state index is 0.00393. The molecule has 1 atom stereocenters. The third-order valence-electron chi connectivity index (χ3n) is 3.24. The van der Waals surface area contributed by atoms with Crippen molar-refractivity contribution in [3.05, 3.63) is 0 Å². The molecule has 0 rings (SSSR count). The van der Waals surface area contributed by atoms with E-state index in [0.29, 0.717) is 6.42 Å². The number of carboxylic acid groups (broad SMARTS) is 1. The summed E-state index contributed by atoms with van der Waals surface area (Å²) in [4.78, 5) is 24.2. The van der Waals surface area contributed by atoms with E-state index >= 15 is 0 Å². The molecule has 0 radical (unpaired) electrons. The minimum atomic E-state index is -0.936. The molecule has 0 aliphatic rings. The molecule has 0 saturated carbocycles. The molecule has 18 heavy (non-hydrogen) atoms. The smallest absolute Gasteiger partial charge is 0.323 e. The summed E-state index contributed by atoms with van der Waals surface area (Å²) in [6.45, 7) is 5.84. The van der Waals surface area contributed by atoms with Gasteiger partial charge in [0.15, 0.2) is 0 Å². The molecule has 1 N–H and O–H groups in total. The van der Waals surface area contributed by atoms with Gasteiger partial charge in [0.05, 0.1) is 0 Å². The van der Waals surface area contributed by atoms with Gasteiger partial charge in [-0.05, 0) is 19.8 Å². The Morgan fingerprint density at radius 3 is 2.22 bits per heavy atom. The molecule has 0 aliphatic carbocycles. The maximum atomic E-state index is 12.0. The second kappa shape index (κ2) is 9.92. The van der Waals surface area contributed by atoms with Crippen molar-refractivity contribution in [2.45, 2.75) is 71.8 Å². The Balaban J connectivity index is 4.09. The Morgan fingerprint density at radius 1 is 1.11 bits per heavy atom. The van der Waals surface area contributed by atoms with Crippen LogP contribution in [-0.4, -0.2) is 34.5 Å². The van der Waals surface area contributed by atoms with Gasteiger partial charge in [-0.15, -0.1) is 0 Å². The molecular formula is C14H27NO3. The van der Waals surface area contributed by atoms with Crippen molar-refractivity contribution < 1.29 is 14.7 Å². The second-order valence-electron chi connectivity index (χ2n) is 4.84. The molecule has 0 aromatic rings. The van der Waals surface area contributed by atoms with E-state index in [-0.39, 0.29) is 18.5 Å². The largest absolute Gasteiger partial charge is 0.480 e. The summed E-state index contributed by atoms with van der Waals surface area (Å²) in [7, 11) is 0. The highest BCUT2D eigenvalue weighted by Crippen LogP contribution is 2.10. The highest BCUT2D eigenvalue weighted by molar-refractivity contribution is 5.81. The first-order valence-electron chi connectivity index (χ1n) is 7.04. The van der Waals surface area contributed by atoms with Crippen LogP contribution in [0.25, 0.3) is 0 Å². The van der Waals surface area contributed by atoms with Crippen LogP contribution in [0.2, 0.25) is 0 Å². The van der Waals surface area contributed by atoms with Crippen LogP contribution < -0.4 is 0 Å². The third-order valence-corrected chi connectivity index (χ3v) is 3.24. The van der Waals surface area contributed by atoms with Crippen LogP contribution in [0.5, 0.6) is 0 Å². The standard InChI is InChI=1S/C14H27NO3/c1-4-6-7-8-9-10-13(16)15(11-14(17)18)12(3)5-2/h12H,4-11H2,1-3H3,(H,17,18). The minimum Gasteiger partial charge on any atom is -0.480 e. The Hall–Kier alpha value is -1.06. The Bertz CT molecular complexity index is 253. The summed E-state index contributed by atoms with van der Waals surface area (Å²) < 4.78 is 0. The van der Waals surface area contributed by atoms with Crippen molar-refractivity contribution in [2.24, 2.45) is 0 Å². The molecule has 0 heterocycles. The van der Waals surface area contributed by atoms with Gasteiger partial charge in [0.2, 0.25) is 5.91 Å². The zero-order chi connectivity index (χ0) is 14.0. The topological polar surface area (TPSA) is 57.6 Å². The van der Waals surface area contributed by atoms with E-state index in [4.69, 9.17) is 5.11 Å². The summed E-state index contributed by atoms with van der Waals surface area (Å²) in [5, 5.41) is 8.82. The lowest BCUT2D eigenvalue weighted by Crippen LogP contribution is -2.41. The number of unbranched alkanes of at least 4 members (excludes halogenated alkanes) is 4. The fourth-order valence-corrected chi connectivity index (χ4v) is 1.88. The maximum absolute atomic E-state index is 12.0. The molecule has 1 unspecified atom stereocenters. The quantitative estimate of drug-likeness (QED) is 0.612. The number of rotatable bonds is 10. The van der Waals surface area contributed by atoms with Crippen LogP contribution in [0.1, 0.15) is 65.7 Å². The summed E-state index contributed by atoms with van der Waals surface area (Å²) in [5.41, 5.74) is 0. The lowest BCUT2D eigenvalue weighted by atomic mass is 10.1. The van der Waals surface area contributed by atoms with Crippen molar-refractivity contribution in [3.63, 3.8) is 0 Å². The lowest BCUT2D eigenvalue weighted by molar-refractivity contribution is -0.146. The summed E-state index contributed by atoms with van der Waals surface area (Å²) in [5.74, 6) is -0.960. The summed E-state index contributed by atoms with van der Waals surface area (Å²) >= 11 is 0. The van der Waals surface area contributed by atoms with Crippen molar-refractivity contribution in [1.82, 2.24) is 4.90 Å². The van der Waals surface area contributed by atoms with Crippen LogP contribution >= 0.6 is 0 Å². The predicted octanol–water partition coefficient (Wildman–Crippen LogP) is 3.06. The van der Waals surface area contributed by atoms with Gasteiger partial charge in [0.25, 0.3) is 0 Å². The lowest BCUT2D eigenvalue weighted by Gasteiger charge is -2.27. The van der Waals surface area contributed by atoms with Crippen LogP contribution in [0.4, 0.5) is 0 Å². The van der Waals surface area contributed by atoms with Gasteiger partial charge in [-0.25, -0.2) is 0 Å². The number of nitrogens with zero attached hydrogens (tertiary/aromatic N) is 1. The molecular weight excluding hydrogens is 230 g/mol. The van der Waals surface area contributed by atoms with Gasteiger partial charge in [0, 0.05) is 12.5 Å². The third kappa shape index (κ3) is 7.30. The highest BCUT2D eigenvalue weighted by Gasteiger charge is 2.20. The van der Waals surface area contributed by atoms with E-state index in [9.17, 15) is 9.59 Å². The zero-order valence-electron chi connectivity index (χ0n) is 11.9. The van der Waals surface area contributed by atoms with Crippen LogP contribution in [0.3, 0.4) is 0 Å². The molecule has 0 bridgehead atoms. The average molecular weight is 257 g/mol. The fourth-order valence-electron chi connectivity index (χ4n) is 1.88. The zero-order valence-corrected chi connectivity index (χ0v) is 11.9.